The Bertz CT molecular complexity index is 688. The van der Waals surface area contributed by atoms with E-state index in [2.05, 4.69) is 36.6 Å². The summed E-state index contributed by atoms with van der Waals surface area (Å²) in [6.07, 6.45) is 4.47. The second-order valence-corrected chi connectivity index (χ2v) is 6.39. The highest BCUT2D eigenvalue weighted by Crippen LogP contribution is 2.31. The number of hydrogen-bond donors (Lipinski definition) is 2. The van der Waals surface area contributed by atoms with Crippen molar-refractivity contribution in [2.45, 2.75) is 45.2 Å². The van der Waals surface area contributed by atoms with Crippen molar-refractivity contribution in [3.63, 3.8) is 0 Å². The molecule has 0 fully saturated rings. The molecule has 0 bridgehead atoms. The number of guanidine groups is 1. The molecule has 142 valence electrons. The van der Waals surface area contributed by atoms with E-state index in [9.17, 15) is 0 Å². The Morgan fingerprint density at radius 3 is 2.88 bits per heavy atom. The van der Waals surface area contributed by atoms with Crippen LogP contribution in [0.4, 0.5) is 0 Å². The van der Waals surface area contributed by atoms with Crippen LogP contribution in [0, 0.1) is 0 Å². The zero-order chi connectivity index (χ0) is 17.5. The van der Waals surface area contributed by atoms with Gasteiger partial charge in [-0.2, -0.15) is 0 Å². The van der Waals surface area contributed by atoms with E-state index in [1.165, 1.54) is 5.56 Å². The summed E-state index contributed by atoms with van der Waals surface area (Å²) < 4.78 is 11.1. The van der Waals surface area contributed by atoms with Crippen LogP contribution in [0.3, 0.4) is 0 Å². The van der Waals surface area contributed by atoms with E-state index in [4.69, 9.17) is 14.1 Å². The normalized spacial score (nSPS) is 17.5. The first kappa shape index (κ1) is 20.6. The summed E-state index contributed by atoms with van der Waals surface area (Å²) in [5.41, 5.74) is 1.19. The van der Waals surface area contributed by atoms with Gasteiger partial charge in [0.05, 0.1) is 18.9 Å². The van der Waals surface area contributed by atoms with Crippen molar-refractivity contribution in [1.29, 1.82) is 0 Å². The number of aliphatic imine (C=N–C) groups is 1. The smallest absolute Gasteiger partial charge is 0.191 e. The van der Waals surface area contributed by atoms with Crippen LogP contribution in [0.15, 0.2) is 52.1 Å². The van der Waals surface area contributed by atoms with Crippen LogP contribution >= 0.6 is 24.0 Å². The van der Waals surface area contributed by atoms with Gasteiger partial charge in [0.1, 0.15) is 11.5 Å². The number of hydrogen-bond acceptors (Lipinski definition) is 3. The van der Waals surface area contributed by atoms with Crippen LogP contribution in [0.25, 0.3) is 0 Å². The van der Waals surface area contributed by atoms with Crippen molar-refractivity contribution in [2.24, 2.45) is 4.99 Å². The molecule has 0 saturated carbocycles. The van der Waals surface area contributed by atoms with Gasteiger partial charge in [-0.25, -0.2) is 0 Å². The lowest BCUT2D eigenvalue weighted by molar-refractivity contribution is 0.261. The summed E-state index contributed by atoms with van der Waals surface area (Å²) >= 11 is 0. The number of nitrogens with zero attached hydrogens (tertiary/aromatic N) is 1. The fourth-order valence-electron chi connectivity index (χ4n) is 2.86. The van der Waals surface area contributed by atoms with Gasteiger partial charge in [0, 0.05) is 31.0 Å². The molecule has 2 unspecified atom stereocenters. The number of halogens is 1. The Morgan fingerprint density at radius 1 is 1.27 bits per heavy atom. The molecule has 2 atom stereocenters. The molecule has 1 aromatic heterocycles. The maximum atomic E-state index is 5.75. The number of benzene rings is 1. The van der Waals surface area contributed by atoms with E-state index in [1.807, 2.05) is 24.3 Å². The van der Waals surface area contributed by atoms with Crippen molar-refractivity contribution < 1.29 is 9.15 Å². The van der Waals surface area contributed by atoms with Crippen molar-refractivity contribution in [1.82, 2.24) is 10.6 Å². The predicted molar refractivity (Wildman–Crippen MR) is 115 cm³/mol. The van der Waals surface area contributed by atoms with E-state index in [1.54, 1.807) is 6.26 Å². The van der Waals surface area contributed by atoms with Crippen molar-refractivity contribution in [3.05, 3.63) is 54.0 Å². The topological polar surface area (TPSA) is 58.8 Å². The van der Waals surface area contributed by atoms with Crippen molar-refractivity contribution in [2.75, 3.05) is 13.2 Å². The van der Waals surface area contributed by atoms with Crippen LogP contribution in [-0.2, 0) is 6.42 Å². The molecule has 1 aliphatic heterocycles. The van der Waals surface area contributed by atoms with Gasteiger partial charge in [-0.05, 0) is 31.5 Å². The highest BCUT2D eigenvalue weighted by molar-refractivity contribution is 14.0. The Balaban J connectivity index is 0.00000243. The van der Waals surface area contributed by atoms with E-state index in [0.717, 1.165) is 43.3 Å². The molecule has 2 N–H and O–H groups in total. The Morgan fingerprint density at radius 2 is 2.12 bits per heavy atom. The molecular weight excluding hydrogens is 441 g/mol. The summed E-state index contributed by atoms with van der Waals surface area (Å²) in [6.45, 7) is 5.74. The maximum Gasteiger partial charge on any atom is 0.191 e. The first-order chi connectivity index (χ1) is 12.3. The zero-order valence-electron chi connectivity index (χ0n) is 15.4. The third-order valence-electron chi connectivity index (χ3n) is 4.47. The molecular formula is C20H28IN3O2. The molecule has 0 spiro atoms. The van der Waals surface area contributed by atoms with E-state index >= 15 is 0 Å². The monoisotopic (exact) mass is 469 g/mol. The van der Waals surface area contributed by atoms with Gasteiger partial charge in [-0.15, -0.1) is 24.0 Å². The number of fused-ring (bicyclic) bond motifs is 1. The van der Waals surface area contributed by atoms with Crippen LogP contribution in [-0.4, -0.2) is 25.2 Å². The number of rotatable bonds is 6. The van der Waals surface area contributed by atoms with E-state index in [-0.39, 0.29) is 30.0 Å². The molecule has 1 aromatic carbocycles. The first-order valence-corrected chi connectivity index (χ1v) is 9.08. The summed E-state index contributed by atoms with van der Waals surface area (Å²) in [7, 11) is 0. The van der Waals surface area contributed by atoms with E-state index < -0.39 is 0 Å². The van der Waals surface area contributed by atoms with Gasteiger partial charge >= 0.3 is 0 Å². The molecule has 6 heteroatoms. The quantitative estimate of drug-likeness (QED) is 0.377. The molecule has 5 nitrogen and oxygen atoms in total. The lowest BCUT2D eigenvalue weighted by atomic mass is 10.0. The fraction of sp³-hybridized carbons (Fsp3) is 0.450. The molecule has 26 heavy (non-hydrogen) atoms. The second-order valence-electron chi connectivity index (χ2n) is 6.39. The standard InChI is InChI=1S/C20H27N3O2.HI/c1-3-15(2)22-20(21-12-10-16-7-6-13-24-16)23-18-11-14-25-19-9-5-4-8-17(18)19;/h4-9,13,15,18H,3,10-12,14H2,1-2H3,(H2,21,22,23);1H. The maximum absolute atomic E-state index is 5.75. The molecule has 1 aliphatic rings. The van der Waals surface area contributed by atoms with Gasteiger partial charge in [-0.1, -0.05) is 25.1 Å². The van der Waals surface area contributed by atoms with Gasteiger partial charge in [-0.3, -0.25) is 4.99 Å². The lowest BCUT2D eigenvalue weighted by Gasteiger charge is -2.29. The average Bonchev–Trinajstić information content (AvgIpc) is 3.15. The average molecular weight is 469 g/mol. The van der Waals surface area contributed by atoms with Crippen LogP contribution in [0.2, 0.25) is 0 Å². The number of para-hydroxylation sites is 1. The Labute approximate surface area is 172 Å². The lowest BCUT2D eigenvalue weighted by Crippen LogP contribution is -2.44. The van der Waals surface area contributed by atoms with Crippen molar-refractivity contribution in [3.8, 4) is 5.75 Å². The summed E-state index contributed by atoms with van der Waals surface area (Å²) in [4.78, 5) is 4.75. The predicted octanol–water partition coefficient (Wildman–Crippen LogP) is 4.30. The van der Waals surface area contributed by atoms with E-state index in [0.29, 0.717) is 12.6 Å². The zero-order valence-corrected chi connectivity index (χ0v) is 17.7. The summed E-state index contributed by atoms with van der Waals surface area (Å²) in [6, 6.07) is 12.7. The molecule has 0 amide bonds. The molecule has 2 heterocycles. The van der Waals surface area contributed by atoms with Crippen LogP contribution in [0.5, 0.6) is 5.75 Å². The Kier molecular flexibility index (Phi) is 8.28. The molecule has 0 radical (unpaired) electrons. The molecule has 3 rings (SSSR count). The number of ether oxygens (including phenoxy) is 1. The van der Waals surface area contributed by atoms with Crippen LogP contribution < -0.4 is 15.4 Å². The minimum absolute atomic E-state index is 0. The van der Waals surface area contributed by atoms with Gasteiger partial charge in [0.25, 0.3) is 0 Å². The summed E-state index contributed by atoms with van der Waals surface area (Å²) in [5, 5.41) is 7.08. The minimum Gasteiger partial charge on any atom is -0.493 e. The molecule has 0 aliphatic carbocycles. The third-order valence-corrected chi connectivity index (χ3v) is 4.47. The third kappa shape index (κ3) is 5.65. The number of nitrogens with one attached hydrogen (secondary N) is 2. The van der Waals surface area contributed by atoms with Gasteiger partial charge < -0.3 is 19.8 Å². The van der Waals surface area contributed by atoms with Gasteiger partial charge in [0.15, 0.2) is 5.96 Å². The highest BCUT2D eigenvalue weighted by Gasteiger charge is 2.22. The molecule has 2 aromatic rings. The van der Waals surface area contributed by atoms with Crippen molar-refractivity contribution >= 4 is 29.9 Å². The number of furan rings is 1. The summed E-state index contributed by atoms with van der Waals surface area (Å²) in [5.74, 6) is 2.77. The minimum atomic E-state index is 0. The second kappa shape index (κ2) is 10.4. The highest BCUT2D eigenvalue weighted by atomic mass is 127. The van der Waals surface area contributed by atoms with Crippen LogP contribution in [0.1, 0.15) is 44.1 Å². The Hall–Kier alpha value is -1.70. The largest absolute Gasteiger partial charge is 0.493 e. The first-order valence-electron chi connectivity index (χ1n) is 9.08. The molecule has 0 saturated heterocycles. The SMILES string of the molecule is CCC(C)NC(=NCCc1ccco1)NC1CCOc2ccccc21.I. The fourth-order valence-corrected chi connectivity index (χ4v) is 2.86. The van der Waals surface area contributed by atoms with Gasteiger partial charge in [0.2, 0.25) is 0 Å².